The maximum atomic E-state index is 13.0. The van der Waals surface area contributed by atoms with E-state index in [0.717, 1.165) is 6.42 Å². The molecule has 1 heterocycles. The van der Waals surface area contributed by atoms with Crippen molar-refractivity contribution in [3.63, 3.8) is 0 Å². The van der Waals surface area contributed by atoms with Gasteiger partial charge in [-0.2, -0.15) is 0 Å². The van der Waals surface area contributed by atoms with Crippen LogP contribution in [0.25, 0.3) is 10.9 Å². The molecule has 0 aliphatic carbocycles. The fraction of sp³-hybridized carbons (Fsp3) is 0.286. The van der Waals surface area contributed by atoms with E-state index in [1.54, 1.807) is 48.2 Å². The summed E-state index contributed by atoms with van der Waals surface area (Å²) in [6, 6.07) is 9.68. The van der Waals surface area contributed by atoms with Crippen LogP contribution >= 0.6 is 34.8 Å². The normalized spacial score (nSPS) is 12.0. The number of amides is 1. The van der Waals surface area contributed by atoms with Crippen molar-refractivity contribution in [2.24, 2.45) is 0 Å². The molecular weight excluding hydrogens is 449 g/mol. The molecule has 6 nitrogen and oxygen atoms in total. The van der Waals surface area contributed by atoms with Gasteiger partial charge in [-0.1, -0.05) is 41.7 Å². The Morgan fingerprint density at radius 1 is 1.17 bits per heavy atom. The fourth-order valence-electron chi connectivity index (χ4n) is 3.02. The van der Waals surface area contributed by atoms with Crippen molar-refractivity contribution >= 4 is 51.6 Å². The molecule has 0 bridgehead atoms. The third kappa shape index (κ3) is 5.25. The number of fused-ring (bicyclic) bond motifs is 1. The van der Waals surface area contributed by atoms with E-state index in [4.69, 9.17) is 39.5 Å². The summed E-state index contributed by atoms with van der Waals surface area (Å²) in [6.07, 6.45) is -0.0686. The highest BCUT2D eigenvalue weighted by molar-refractivity contribution is 6.35. The van der Waals surface area contributed by atoms with Crippen molar-refractivity contribution in [2.45, 2.75) is 32.9 Å². The van der Waals surface area contributed by atoms with Gasteiger partial charge in [0.1, 0.15) is 11.6 Å². The number of aromatic nitrogens is 2. The maximum absolute atomic E-state index is 13.0. The second-order valence-electron chi connectivity index (χ2n) is 6.77. The lowest BCUT2D eigenvalue weighted by atomic mass is 10.2. The molecule has 0 fully saturated rings. The van der Waals surface area contributed by atoms with E-state index < -0.39 is 6.10 Å². The van der Waals surface area contributed by atoms with Gasteiger partial charge in [-0.3, -0.25) is 9.59 Å². The van der Waals surface area contributed by atoms with Gasteiger partial charge in [-0.15, -0.1) is 0 Å². The maximum Gasteiger partial charge on any atom is 0.263 e. The Labute approximate surface area is 188 Å². The molecule has 1 N–H and O–H groups in total. The number of ether oxygens (including phenoxy) is 1. The molecular formula is C21H20Cl3N3O3. The summed E-state index contributed by atoms with van der Waals surface area (Å²) in [6.45, 7) is 4.20. The molecule has 1 amide bonds. The van der Waals surface area contributed by atoms with Crippen molar-refractivity contribution in [3.05, 3.63) is 67.6 Å². The van der Waals surface area contributed by atoms with Crippen LogP contribution in [0.3, 0.4) is 0 Å². The van der Waals surface area contributed by atoms with Gasteiger partial charge in [-0.25, -0.2) is 4.98 Å². The SMILES string of the molecule is CCCN(Cc1nc2cc(Cl)ccc2c(=O)[nH]1)C(=O)[C@@H](C)Oc1ccc(Cl)cc1Cl. The topological polar surface area (TPSA) is 75.3 Å². The number of carbonyl (C=O) groups is 1. The highest BCUT2D eigenvalue weighted by Gasteiger charge is 2.23. The quantitative estimate of drug-likeness (QED) is 0.524. The molecule has 0 saturated heterocycles. The van der Waals surface area contributed by atoms with Gasteiger partial charge in [0, 0.05) is 16.6 Å². The van der Waals surface area contributed by atoms with E-state index >= 15 is 0 Å². The summed E-state index contributed by atoms with van der Waals surface area (Å²) in [5, 5.41) is 1.72. The van der Waals surface area contributed by atoms with Gasteiger partial charge in [0.15, 0.2) is 6.10 Å². The van der Waals surface area contributed by atoms with Crippen LogP contribution in [0, 0.1) is 0 Å². The van der Waals surface area contributed by atoms with Crippen LogP contribution in [0.5, 0.6) is 5.75 Å². The highest BCUT2D eigenvalue weighted by Crippen LogP contribution is 2.28. The third-order valence-electron chi connectivity index (χ3n) is 4.41. The van der Waals surface area contributed by atoms with Gasteiger partial charge in [0.2, 0.25) is 0 Å². The minimum Gasteiger partial charge on any atom is -0.479 e. The van der Waals surface area contributed by atoms with Gasteiger partial charge >= 0.3 is 0 Å². The van der Waals surface area contributed by atoms with Crippen molar-refractivity contribution < 1.29 is 9.53 Å². The number of nitrogens with zero attached hydrogens (tertiary/aromatic N) is 2. The molecule has 158 valence electrons. The summed E-state index contributed by atoms with van der Waals surface area (Å²) in [7, 11) is 0. The van der Waals surface area contributed by atoms with Crippen LogP contribution in [0.4, 0.5) is 0 Å². The van der Waals surface area contributed by atoms with E-state index in [1.807, 2.05) is 6.92 Å². The number of halogens is 3. The summed E-state index contributed by atoms with van der Waals surface area (Å²) >= 11 is 18.1. The largest absolute Gasteiger partial charge is 0.479 e. The Hall–Kier alpha value is -2.28. The number of aromatic amines is 1. The zero-order valence-electron chi connectivity index (χ0n) is 16.4. The standard InChI is InChI=1S/C21H20Cl3N3O3/c1-3-8-27(21(29)12(2)30-18-7-5-13(22)9-16(18)24)11-19-25-17-10-14(23)4-6-15(17)20(28)26-19/h4-7,9-10,12H,3,8,11H2,1-2H3,(H,25,26,28)/t12-/m1/s1. The summed E-state index contributed by atoms with van der Waals surface area (Å²) in [5.74, 6) is 0.482. The number of benzene rings is 2. The van der Waals surface area contributed by atoms with E-state index in [0.29, 0.717) is 44.1 Å². The third-order valence-corrected chi connectivity index (χ3v) is 5.17. The van der Waals surface area contributed by atoms with Crippen LogP contribution in [0.2, 0.25) is 15.1 Å². The molecule has 9 heteroatoms. The first-order chi connectivity index (χ1) is 14.3. The Balaban J connectivity index is 1.81. The average Bonchev–Trinajstić information content (AvgIpc) is 2.68. The van der Waals surface area contributed by atoms with Crippen molar-refractivity contribution in [1.82, 2.24) is 14.9 Å². The first kappa shape index (κ1) is 22.4. The number of hydrogen-bond acceptors (Lipinski definition) is 4. The van der Waals surface area contributed by atoms with Crippen LogP contribution in [0.15, 0.2) is 41.2 Å². The molecule has 30 heavy (non-hydrogen) atoms. The highest BCUT2D eigenvalue weighted by atomic mass is 35.5. The van der Waals surface area contributed by atoms with E-state index in [1.165, 1.54) is 0 Å². The predicted octanol–water partition coefficient (Wildman–Crippen LogP) is 5.09. The molecule has 0 aliphatic rings. The molecule has 0 saturated carbocycles. The van der Waals surface area contributed by atoms with Crippen molar-refractivity contribution in [3.8, 4) is 5.75 Å². The predicted molar refractivity (Wildman–Crippen MR) is 120 cm³/mol. The average molecular weight is 469 g/mol. The molecule has 0 spiro atoms. The summed E-state index contributed by atoms with van der Waals surface area (Å²) in [4.78, 5) is 34.2. The van der Waals surface area contributed by atoms with Crippen molar-refractivity contribution in [2.75, 3.05) is 6.54 Å². The lowest BCUT2D eigenvalue weighted by molar-refractivity contribution is -0.138. The first-order valence-electron chi connectivity index (χ1n) is 9.37. The Morgan fingerprint density at radius 3 is 2.57 bits per heavy atom. The Kier molecular flexibility index (Phi) is 7.23. The molecule has 1 atom stereocenters. The number of nitrogens with one attached hydrogen (secondary N) is 1. The molecule has 0 radical (unpaired) electrons. The van der Waals surface area contributed by atoms with E-state index in [2.05, 4.69) is 9.97 Å². The number of carbonyl (C=O) groups excluding carboxylic acids is 1. The van der Waals surface area contributed by atoms with Crippen molar-refractivity contribution in [1.29, 1.82) is 0 Å². The monoisotopic (exact) mass is 467 g/mol. The minimum absolute atomic E-state index is 0.131. The number of hydrogen-bond donors (Lipinski definition) is 1. The van der Waals surface area contributed by atoms with Crippen LogP contribution in [-0.4, -0.2) is 33.4 Å². The second-order valence-corrected chi connectivity index (χ2v) is 8.05. The van der Waals surface area contributed by atoms with Gasteiger partial charge in [0.25, 0.3) is 11.5 Å². The Morgan fingerprint density at radius 2 is 1.87 bits per heavy atom. The molecule has 0 unspecified atom stereocenters. The molecule has 1 aromatic heterocycles. The smallest absolute Gasteiger partial charge is 0.263 e. The van der Waals surface area contributed by atoms with Gasteiger partial charge < -0.3 is 14.6 Å². The summed E-state index contributed by atoms with van der Waals surface area (Å²) < 4.78 is 5.75. The molecule has 3 aromatic rings. The molecule has 3 rings (SSSR count). The van der Waals surface area contributed by atoms with Crippen LogP contribution in [-0.2, 0) is 11.3 Å². The summed E-state index contributed by atoms with van der Waals surface area (Å²) in [5.41, 5.74) is 0.190. The molecule has 2 aromatic carbocycles. The molecule has 0 aliphatic heterocycles. The fourth-order valence-corrected chi connectivity index (χ4v) is 3.64. The lowest BCUT2D eigenvalue weighted by Crippen LogP contribution is -2.41. The minimum atomic E-state index is -0.795. The van der Waals surface area contributed by atoms with E-state index in [-0.39, 0.29) is 18.0 Å². The van der Waals surface area contributed by atoms with Crippen LogP contribution < -0.4 is 10.3 Å². The lowest BCUT2D eigenvalue weighted by Gasteiger charge is -2.25. The van der Waals surface area contributed by atoms with Gasteiger partial charge in [0.05, 0.1) is 22.5 Å². The second kappa shape index (κ2) is 9.69. The Bertz CT molecular complexity index is 1130. The first-order valence-corrected chi connectivity index (χ1v) is 10.5. The van der Waals surface area contributed by atoms with Gasteiger partial charge in [-0.05, 0) is 49.7 Å². The zero-order valence-corrected chi connectivity index (χ0v) is 18.7. The zero-order chi connectivity index (χ0) is 21.8. The number of rotatable bonds is 7. The number of H-pyrrole nitrogens is 1. The van der Waals surface area contributed by atoms with E-state index in [9.17, 15) is 9.59 Å². The van der Waals surface area contributed by atoms with Crippen LogP contribution in [0.1, 0.15) is 26.1 Å².